The maximum absolute atomic E-state index is 13.0. The predicted molar refractivity (Wildman–Crippen MR) is 152 cm³/mol. The first-order chi connectivity index (χ1) is 18.0. The molecule has 1 saturated carbocycles. The molecule has 2 unspecified atom stereocenters. The van der Waals surface area contributed by atoms with E-state index in [4.69, 9.17) is 62.7 Å². The standard InChI is InChI=1S/C26H20Cl5N3O4/c1-38-12-21(35)32-16-2-4-17(5-3-16)33-24(36)19-11-18(6-7-20(19)29)34-25(37)23-22(26(23,30)31)13-8-14(27)10-15(28)9-13/h2-11,22-23H,12H2,1H3,(H,32,35)(H,33,36)(H,34,37). The molecule has 3 amide bonds. The number of hydrogen-bond donors (Lipinski definition) is 3. The highest BCUT2D eigenvalue weighted by molar-refractivity contribution is 6.53. The molecule has 2 atom stereocenters. The van der Waals surface area contributed by atoms with Gasteiger partial charge >= 0.3 is 0 Å². The van der Waals surface area contributed by atoms with E-state index in [2.05, 4.69) is 16.0 Å². The van der Waals surface area contributed by atoms with Crippen LogP contribution in [0.2, 0.25) is 15.1 Å². The van der Waals surface area contributed by atoms with Gasteiger partial charge in [-0.05, 0) is 66.2 Å². The second kappa shape index (κ2) is 11.7. The maximum atomic E-state index is 13.0. The number of nitrogens with one attached hydrogen (secondary N) is 3. The lowest BCUT2D eigenvalue weighted by Gasteiger charge is -2.11. The zero-order valence-electron chi connectivity index (χ0n) is 19.7. The Hall–Kier alpha value is -2.52. The predicted octanol–water partition coefficient (Wildman–Crippen LogP) is 7.01. The van der Waals surface area contributed by atoms with Gasteiger partial charge in [0.2, 0.25) is 11.8 Å². The van der Waals surface area contributed by atoms with Crippen molar-refractivity contribution >= 4 is 92.8 Å². The molecule has 0 saturated heterocycles. The molecule has 0 heterocycles. The Morgan fingerprint density at radius 2 is 1.39 bits per heavy atom. The minimum atomic E-state index is -1.35. The van der Waals surface area contributed by atoms with Gasteiger partial charge in [0.05, 0.1) is 16.5 Å². The van der Waals surface area contributed by atoms with Gasteiger partial charge < -0.3 is 20.7 Å². The third-order valence-corrected chi connectivity index (χ3v) is 7.47. The zero-order chi connectivity index (χ0) is 27.6. The number of carbonyl (C=O) groups excluding carboxylic acids is 3. The number of alkyl halides is 2. The molecule has 3 aromatic carbocycles. The van der Waals surface area contributed by atoms with Crippen molar-refractivity contribution < 1.29 is 19.1 Å². The highest BCUT2D eigenvalue weighted by atomic mass is 35.5. The average Bonchev–Trinajstić information content (AvgIpc) is 3.43. The Balaban J connectivity index is 1.43. The third kappa shape index (κ3) is 6.54. The number of methoxy groups -OCH3 is 1. The summed E-state index contributed by atoms with van der Waals surface area (Å²) in [5, 5.41) is 9.13. The Labute approximate surface area is 243 Å². The Morgan fingerprint density at radius 3 is 2.00 bits per heavy atom. The fraction of sp³-hybridized carbons (Fsp3) is 0.192. The number of carbonyl (C=O) groups is 3. The number of anilines is 3. The molecule has 12 heteroatoms. The SMILES string of the molecule is COCC(=O)Nc1ccc(NC(=O)c2cc(NC(=O)C3C(c4cc(Cl)cc(Cl)c4)C3(Cl)Cl)ccc2Cl)cc1. The van der Waals surface area contributed by atoms with E-state index in [0.29, 0.717) is 32.7 Å². The minimum absolute atomic E-state index is 0.0724. The van der Waals surface area contributed by atoms with Crippen LogP contribution in [0.3, 0.4) is 0 Å². The average molecular weight is 616 g/mol. The smallest absolute Gasteiger partial charge is 0.257 e. The topological polar surface area (TPSA) is 96.5 Å². The normalized spacial score (nSPS) is 17.4. The van der Waals surface area contributed by atoms with Crippen LogP contribution in [0.4, 0.5) is 17.1 Å². The van der Waals surface area contributed by atoms with Gasteiger partial charge in [-0.25, -0.2) is 0 Å². The van der Waals surface area contributed by atoms with Crippen molar-refractivity contribution in [2.75, 3.05) is 29.7 Å². The highest BCUT2D eigenvalue weighted by Crippen LogP contribution is 2.65. The molecule has 7 nitrogen and oxygen atoms in total. The molecule has 0 bridgehead atoms. The van der Waals surface area contributed by atoms with E-state index in [1.54, 1.807) is 48.5 Å². The van der Waals surface area contributed by atoms with Gasteiger partial charge in [-0.3, -0.25) is 14.4 Å². The molecule has 1 aliphatic carbocycles. The largest absolute Gasteiger partial charge is 0.375 e. The fourth-order valence-corrected chi connectivity index (χ4v) is 5.56. The van der Waals surface area contributed by atoms with E-state index in [9.17, 15) is 14.4 Å². The summed E-state index contributed by atoms with van der Waals surface area (Å²) < 4.78 is 3.43. The van der Waals surface area contributed by atoms with E-state index in [1.165, 1.54) is 19.2 Å². The van der Waals surface area contributed by atoms with E-state index >= 15 is 0 Å². The van der Waals surface area contributed by atoms with Gasteiger partial charge in [-0.2, -0.15) is 0 Å². The summed E-state index contributed by atoms with van der Waals surface area (Å²) in [6.07, 6.45) is 0. The van der Waals surface area contributed by atoms with Crippen LogP contribution >= 0.6 is 58.0 Å². The molecule has 4 rings (SSSR count). The second-order valence-corrected chi connectivity index (χ2v) is 11.3. The van der Waals surface area contributed by atoms with Gasteiger partial charge in [-0.1, -0.05) is 34.8 Å². The molecule has 0 aromatic heterocycles. The molecule has 198 valence electrons. The summed E-state index contributed by atoms with van der Waals surface area (Å²) in [5.41, 5.74) is 2.13. The molecule has 3 N–H and O–H groups in total. The van der Waals surface area contributed by atoms with Crippen molar-refractivity contribution in [3.05, 3.63) is 86.9 Å². The Kier molecular flexibility index (Phi) is 8.77. The van der Waals surface area contributed by atoms with Gasteiger partial charge in [-0.15, -0.1) is 23.2 Å². The number of ether oxygens (including phenoxy) is 1. The van der Waals surface area contributed by atoms with Crippen LogP contribution in [0.25, 0.3) is 0 Å². The summed E-state index contributed by atoms with van der Waals surface area (Å²) >= 11 is 31.3. The molecule has 1 fully saturated rings. The lowest BCUT2D eigenvalue weighted by molar-refractivity contribution is -0.119. The summed E-state index contributed by atoms with van der Waals surface area (Å²) in [4.78, 5) is 37.6. The summed E-state index contributed by atoms with van der Waals surface area (Å²) in [6.45, 7) is -0.0724. The van der Waals surface area contributed by atoms with Gasteiger partial charge in [0, 0.05) is 40.1 Å². The van der Waals surface area contributed by atoms with Crippen LogP contribution in [0.1, 0.15) is 21.8 Å². The first kappa shape index (κ1) is 28.5. The molecule has 0 aliphatic heterocycles. The lowest BCUT2D eigenvalue weighted by atomic mass is 10.1. The first-order valence-electron chi connectivity index (χ1n) is 11.1. The molecule has 3 aromatic rings. The summed E-state index contributed by atoms with van der Waals surface area (Å²) in [6, 6.07) is 15.9. The van der Waals surface area contributed by atoms with Gasteiger partial charge in [0.25, 0.3) is 5.91 Å². The van der Waals surface area contributed by atoms with Crippen molar-refractivity contribution in [1.29, 1.82) is 0 Å². The van der Waals surface area contributed by atoms with Crippen LogP contribution in [0, 0.1) is 5.92 Å². The van der Waals surface area contributed by atoms with Crippen molar-refractivity contribution in [1.82, 2.24) is 0 Å². The molecule has 0 spiro atoms. The molecule has 1 aliphatic rings. The number of benzene rings is 3. The van der Waals surface area contributed by atoms with Crippen LogP contribution in [0.5, 0.6) is 0 Å². The zero-order valence-corrected chi connectivity index (χ0v) is 23.4. The number of halogens is 5. The molecular formula is C26H20Cl5N3O4. The van der Waals surface area contributed by atoms with Crippen molar-refractivity contribution in [2.45, 2.75) is 10.3 Å². The van der Waals surface area contributed by atoms with Crippen LogP contribution in [-0.4, -0.2) is 35.8 Å². The van der Waals surface area contributed by atoms with E-state index in [-0.39, 0.29) is 23.1 Å². The monoisotopic (exact) mass is 613 g/mol. The highest BCUT2D eigenvalue weighted by Gasteiger charge is 2.67. The van der Waals surface area contributed by atoms with Crippen LogP contribution < -0.4 is 16.0 Å². The van der Waals surface area contributed by atoms with E-state index in [0.717, 1.165) is 0 Å². The molecule has 0 radical (unpaired) electrons. The number of rotatable bonds is 8. The maximum Gasteiger partial charge on any atom is 0.257 e. The van der Waals surface area contributed by atoms with Gasteiger partial charge in [0.1, 0.15) is 10.9 Å². The van der Waals surface area contributed by atoms with Crippen LogP contribution in [-0.2, 0) is 14.3 Å². The van der Waals surface area contributed by atoms with Crippen molar-refractivity contribution in [3.8, 4) is 0 Å². The third-order valence-electron chi connectivity index (χ3n) is 5.76. The van der Waals surface area contributed by atoms with E-state index < -0.39 is 28.0 Å². The summed E-state index contributed by atoms with van der Waals surface area (Å²) in [5.74, 6) is -2.51. The molecule has 38 heavy (non-hydrogen) atoms. The van der Waals surface area contributed by atoms with Crippen molar-refractivity contribution in [3.63, 3.8) is 0 Å². The Bertz CT molecular complexity index is 1380. The molecular weight excluding hydrogens is 596 g/mol. The van der Waals surface area contributed by atoms with Gasteiger partial charge in [0.15, 0.2) is 0 Å². The first-order valence-corrected chi connectivity index (χ1v) is 13.0. The Morgan fingerprint density at radius 1 is 0.816 bits per heavy atom. The number of hydrogen-bond acceptors (Lipinski definition) is 4. The quantitative estimate of drug-likeness (QED) is 0.238. The minimum Gasteiger partial charge on any atom is -0.375 e. The fourth-order valence-electron chi connectivity index (χ4n) is 3.98. The van der Waals surface area contributed by atoms with Crippen LogP contribution in [0.15, 0.2) is 60.7 Å². The number of amides is 3. The summed E-state index contributed by atoms with van der Waals surface area (Å²) in [7, 11) is 1.42. The lowest BCUT2D eigenvalue weighted by Crippen LogP contribution is -2.18. The van der Waals surface area contributed by atoms with E-state index in [1.807, 2.05) is 0 Å². The second-order valence-electron chi connectivity index (χ2n) is 8.53. The van der Waals surface area contributed by atoms with Crippen molar-refractivity contribution in [2.24, 2.45) is 5.92 Å².